The molecule has 0 aromatic carbocycles. The zero-order valence-electron chi connectivity index (χ0n) is 55.4. The van der Waals surface area contributed by atoms with E-state index in [1.807, 2.05) is 6.08 Å². The molecule has 0 spiro atoms. The first-order valence-corrected chi connectivity index (χ1v) is 36.1. The van der Waals surface area contributed by atoms with E-state index in [0.29, 0.717) is 6.42 Å². The molecule has 0 aromatic heterocycles. The normalized spacial score (nSPS) is 28.3. The van der Waals surface area contributed by atoms with Crippen LogP contribution in [0, 0.1) is 0 Å². The highest BCUT2D eigenvalue weighted by Crippen LogP contribution is 2.33. The molecule has 19 nitrogen and oxygen atoms in total. The van der Waals surface area contributed by atoms with Crippen molar-refractivity contribution < 1.29 is 89.4 Å². The number of hydrogen-bond acceptors (Lipinski definition) is 18. The maximum Gasteiger partial charge on any atom is 0.220 e. The molecule has 3 fully saturated rings. The molecule has 17 atom stereocenters. The topological polar surface area (TPSA) is 307 Å². The Morgan fingerprint density at radius 3 is 1.09 bits per heavy atom. The molecule has 3 heterocycles. The van der Waals surface area contributed by atoms with Crippen LogP contribution in [0.5, 0.6) is 0 Å². The van der Waals surface area contributed by atoms with Crippen LogP contribution in [0.2, 0.25) is 0 Å². The summed E-state index contributed by atoms with van der Waals surface area (Å²) in [4.78, 5) is 13.4. The van der Waals surface area contributed by atoms with E-state index in [4.69, 9.17) is 28.4 Å². The van der Waals surface area contributed by atoms with Crippen LogP contribution in [0.4, 0.5) is 0 Å². The Hall–Kier alpha value is -1.73. The third-order valence-corrected chi connectivity index (χ3v) is 18.2. The first-order chi connectivity index (χ1) is 43.3. The van der Waals surface area contributed by atoms with Crippen molar-refractivity contribution in [1.82, 2.24) is 5.32 Å². The summed E-state index contributed by atoms with van der Waals surface area (Å²) in [6, 6.07) is -0.970. The highest BCUT2D eigenvalue weighted by atomic mass is 16.8. The molecule has 1 amide bonds. The van der Waals surface area contributed by atoms with Gasteiger partial charge in [-0.05, 0) is 44.9 Å². The number of unbranched alkanes of at least 4 members (excludes halogenated alkanes) is 38. The van der Waals surface area contributed by atoms with Gasteiger partial charge in [0, 0.05) is 6.42 Å². The summed E-state index contributed by atoms with van der Waals surface area (Å²) in [5.74, 6) is -0.271. The van der Waals surface area contributed by atoms with E-state index in [0.717, 1.165) is 44.9 Å². The van der Waals surface area contributed by atoms with Crippen molar-refractivity contribution in [3.05, 3.63) is 24.3 Å². The van der Waals surface area contributed by atoms with Gasteiger partial charge in [-0.1, -0.05) is 256 Å². The van der Waals surface area contributed by atoms with Gasteiger partial charge in [0.15, 0.2) is 18.9 Å². The molecule has 524 valence electrons. The molecule has 3 aliphatic rings. The van der Waals surface area contributed by atoms with Gasteiger partial charge in [0.1, 0.15) is 73.2 Å². The third-order valence-electron chi connectivity index (χ3n) is 18.2. The SMILES string of the molecule is CCCCCCCCCC/C=C\CCCCCCCCCCCCCCCCCCCC(=O)NC(COC1OC(CO)C(OC2OC(CO)C(OC3OC(CO)C(O)C(O)C3O)C(O)C2O)C(O)C1O)C(O)/C=C/CCCCCCCCCCCCCCC. The molecule has 89 heavy (non-hydrogen) atoms. The van der Waals surface area contributed by atoms with Crippen LogP contribution in [0.1, 0.15) is 284 Å². The molecular weight excluding hydrogens is 1140 g/mol. The first kappa shape index (κ1) is 81.5. The Kier molecular flexibility index (Phi) is 48.1. The number of aliphatic hydroxyl groups is 11. The van der Waals surface area contributed by atoms with Crippen molar-refractivity contribution in [2.45, 2.75) is 388 Å². The number of ether oxygens (including phenoxy) is 6. The highest BCUT2D eigenvalue weighted by molar-refractivity contribution is 5.76. The van der Waals surface area contributed by atoms with E-state index >= 15 is 0 Å². The molecule has 0 aromatic rings. The lowest BCUT2D eigenvalue weighted by molar-refractivity contribution is -0.379. The Balaban J connectivity index is 1.38. The van der Waals surface area contributed by atoms with Crippen LogP contribution < -0.4 is 5.32 Å². The fourth-order valence-electron chi connectivity index (χ4n) is 12.4. The first-order valence-electron chi connectivity index (χ1n) is 36.1. The molecular formula is C70H131NO18. The smallest absolute Gasteiger partial charge is 0.220 e. The molecule has 0 bridgehead atoms. The minimum atomic E-state index is -1.98. The lowest BCUT2D eigenvalue weighted by Gasteiger charge is -2.48. The molecule has 19 heteroatoms. The van der Waals surface area contributed by atoms with Crippen molar-refractivity contribution in [2.75, 3.05) is 26.4 Å². The van der Waals surface area contributed by atoms with Crippen molar-refractivity contribution in [3.8, 4) is 0 Å². The number of carbonyl (C=O) groups is 1. The van der Waals surface area contributed by atoms with Crippen LogP contribution in [-0.4, -0.2) is 193 Å². The number of allylic oxidation sites excluding steroid dienone is 3. The Labute approximate surface area is 537 Å². The van der Waals surface area contributed by atoms with Crippen LogP contribution >= 0.6 is 0 Å². The molecule has 3 rings (SSSR count). The summed E-state index contributed by atoms with van der Waals surface area (Å²) in [7, 11) is 0. The fourth-order valence-corrected chi connectivity index (χ4v) is 12.4. The van der Waals surface area contributed by atoms with Crippen molar-refractivity contribution in [2.24, 2.45) is 0 Å². The van der Waals surface area contributed by atoms with Crippen molar-refractivity contribution in [3.63, 3.8) is 0 Å². The monoisotopic (exact) mass is 1270 g/mol. The molecule has 12 N–H and O–H groups in total. The quantitative estimate of drug-likeness (QED) is 0.0199. The minimum absolute atomic E-state index is 0.247. The fraction of sp³-hybridized carbons (Fsp3) is 0.929. The van der Waals surface area contributed by atoms with Gasteiger partial charge in [0.2, 0.25) is 5.91 Å². The van der Waals surface area contributed by atoms with Crippen LogP contribution in [0.3, 0.4) is 0 Å². The van der Waals surface area contributed by atoms with E-state index < -0.39 is 124 Å². The number of nitrogens with one attached hydrogen (secondary N) is 1. The predicted molar refractivity (Wildman–Crippen MR) is 346 cm³/mol. The summed E-state index contributed by atoms with van der Waals surface area (Å²) in [5, 5.41) is 120. The Bertz CT molecular complexity index is 1710. The average Bonchev–Trinajstić information content (AvgIpc) is 2.42. The number of amides is 1. The summed E-state index contributed by atoms with van der Waals surface area (Å²) in [6.45, 7) is 1.76. The van der Waals surface area contributed by atoms with Gasteiger partial charge in [-0.2, -0.15) is 0 Å². The van der Waals surface area contributed by atoms with Gasteiger partial charge < -0.3 is 89.9 Å². The molecule has 3 aliphatic heterocycles. The van der Waals surface area contributed by atoms with Crippen LogP contribution in [0.15, 0.2) is 24.3 Å². The second kappa shape index (κ2) is 52.5. The molecule has 17 unspecified atom stereocenters. The van der Waals surface area contributed by atoms with E-state index in [1.54, 1.807) is 6.08 Å². The van der Waals surface area contributed by atoms with Gasteiger partial charge in [-0.3, -0.25) is 4.79 Å². The summed E-state index contributed by atoms with van der Waals surface area (Å²) in [6.07, 6.45) is 33.1. The lowest BCUT2D eigenvalue weighted by atomic mass is 9.96. The van der Waals surface area contributed by atoms with Gasteiger partial charge in [0.25, 0.3) is 0 Å². The number of rotatable bonds is 56. The largest absolute Gasteiger partial charge is 0.394 e. The zero-order valence-corrected chi connectivity index (χ0v) is 55.4. The molecule has 3 saturated heterocycles. The number of carbonyl (C=O) groups excluding carboxylic acids is 1. The summed E-state index contributed by atoms with van der Waals surface area (Å²) >= 11 is 0. The summed E-state index contributed by atoms with van der Waals surface area (Å²) in [5.41, 5.74) is 0. The molecule has 0 aliphatic carbocycles. The Morgan fingerprint density at radius 1 is 0.393 bits per heavy atom. The van der Waals surface area contributed by atoms with E-state index in [-0.39, 0.29) is 18.9 Å². The second-order valence-corrected chi connectivity index (χ2v) is 26.1. The Morgan fingerprint density at radius 2 is 0.708 bits per heavy atom. The second-order valence-electron chi connectivity index (χ2n) is 26.1. The highest BCUT2D eigenvalue weighted by Gasteiger charge is 2.53. The number of aliphatic hydroxyl groups excluding tert-OH is 11. The van der Waals surface area contributed by atoms with Gasteiger partial charge in [-0.15, -0.1) is 0 Å². The summed E-state index contributed by atoms with van der Waals surface area (Å²) < 4.78 is 34.4. The third kappa shape index (κ3) is 34.5. The maximum atomic E-state index is 13.4. The van der Waals surface area contributed by atoms with Crippen LogP contribution in [-0.2, 0) is 33.2 Å². The van der Waals surface area contributed by atoms with Gasteiger partial charge >= 0.3 is 0 Å². The lowest BCUT2D eigenvalue weighted by Crippen LogP contribution is -2.66. The van der Waals surface area contributed by atoms with Gasteiger partial charge in [-0.25, -0.2) is 0 Å². The molecule has 0 radical (unpaired) electrons. The number of hydrogen-bond donors (Lipinski definition) is 12. The minimum Gasteiger partial charge on any atom is -0.394 e. The standard InChI is InChI=1S/C70H131NO18/c1-3-5-7-9-11-13-15-17-19-20-21-22-23-24-25-26-27-28-29-30-31-32-34-36-38-40-42-44-46-48-58(76)71-53(54(75)47-45-43-41-39-37-35-33-18-16-14-12-10-8-6-4-2)52-84-68-64(82)61(79)66(56(50-73)86-68)89-70-65(83)62(80)67(57(51-74)87-70)88-69-63(81)60(78)59(77)55(49-72)85-69/h20-21,45,47,53-57,59-70,72-75,77-83H,3-19,22-44,46,48-52H2,1-2H3,(H,71,76)/b21-20-,47-45+. The van der Waals surface area contributed by atoms with E-state index in [1.165, 1.54) is 212 Å². The van der Waals surface area contributed by atoms with Crippen LogP contribution in [0.25, 0.3) is 0 Å². The maximum absolute atomic E-state index is 13.4. The van der Waals surface area contributed by atoms with Gasteiger partial charge in [0.05, 0.1) is 38.6 Å². The average molecular weight is 1270 g/mol. The molecule has 0 saturated carbocycles. The van der Waals surface area contributed by atoms with Crippen molar-refractivity contribution >= 4 is 5.91 Å². The van der Waals surface area contributed by atoms with E-state index in [9.17, 15) is 61.0 Å². The zero-order chi connectivity index (χ0) is 64.7. The predicted octanol–water partition coefficient (Wildman–Crippen LogP) is 9.83. The van der Waals surface area contributed by atoms with E-state index in [2.05, 4.69) is 31.3 Å². The van der Waals surface area contributed by atoms with Crippen molar-refractivity contribution in [1.29, 1.82) is 0 Å².